The molecule has 1 fully saturated rings. The SMILES string of the molecule is CC1(C)CC(NCc2cc(F)cc(F)c2)CC(C)(C)N1. The Hall–Kier alpha value is -1.00. The Morgan fingerprint density at radius 3 is 2.05 bits per heavy atom. The van der Waals surface area contributed by atoms with Gasteiger partial charge in [-0.3, -0.25) is 0 Å². The zero-order valence-electron chi connectivity index (χ0n) is 12.7. The molecule has 1 aliphatic rings. The van der Waals surface area contributed by atoms with Crippen LogP contribution in [-0.2, 0) is 6.54 Å². The van der Waals surface area contributed by atoms with Gasteiger partial charge in [-0.05, 0) is 58.2 Å². The van der Waals surface area contributed by atoms with E-state index in [1.165, 1.54) is 12.1 Å². The standard InChI is InChI=1S/C16H24F2N2/c1-15(2)8-14(9-16(3,4)20-15)19-10-11-5-12(17)7-13(18)6-11/h5-7,14,19-20H,8-10H2,1-4H3. The fourth-order valence-electron chi connectivity index (χ4n) is 3.44. The molecule has 0 atom stereocenters. The Bertz CT molecular complexity index is 447. The topological polar surface area (TPSA) is 24.1 Å². The molecule has 0 amide bonds. The predicted octanol–water partition coefficient (Wildman–Crippen LogP) is 3.36. The molecule has 112 valence electrons. The highest BCUT2D eigenvalue weighted by atomic mass is 19.1. The van der Waals surface area contributed by atoms with Gasteiger partial charge in [0.25, 0.3) is 0 Å². The summed E-state index contributed by atoms with van der Waals surface area (Å²) in [6.07, 6.45) is 1.99. The van der Waals surface area contributed by atoms with Gasteiger partial charge >= 0.3 is 0 Å². The van der Waals surface area contributed by atoms with Crippen molar-refractivity contribution in [2.45, 2.75) is 64.2 Å². The Balaban J connectivity index is 1.99. The fraction of sp³-hybridized carbons (Fsp3) is 0.625. The minimum absolute atomic E-state index is 0.0621. The van der Waals surface area contributed by atoms with Gasteiger partial charge in [-0.2, -0.15) is 0 Å². The molecular weight excluding hydrogens is 258 g/mol. The van der Waals surface area contributed by atoms with E-state index in [4.69, 9.17) is 0 Å². The highest BCUT2D eigenvalue weighted by Gasteiger charge is 2.37. The molecule has 1 aromatic rings. The molecule has 1 saturated heterocycles. The number of benzene rings is 1. The van der Waals surface area contributed by atoms with Gasteiger partial charge in [0.15, 0.2) is 0 Å². The summed E-state index contributed by atoms with van der Waals surface area (Å²) in [5, 5.41) is 7.05. The van der Waals surface area contributed by atoms with Gasteiger partial charge in [-0.15, -0.1) is 0 Å². The maximum absolute atomic E-state index is 13.2. The second kappa shape index (κ2) is 5.41. The molecule has 2 N–H and O–H groups in total. The Labute approximate surface area is 120 Å². The van der Waals surface area contributed by atoms with Gasteiger partial charge in [0, 0.05) is 29.7 Å². The fourth-order valence-corrected chi connectivity index (χ4v) is 3.44. The molecule has 1 aromatic carbocycles. The summed E-state index contributed by atoms with van der Waals surface area (Å²) in [4.78, 5) is 0. The van der Waals surface area contributed by atoms with E-state index in [9.17, 15) is 8.78 Å². The largest absolute Gasteiger partial charge is 0.310 e. The number of piperidine rings is 1. The van der Waals surface area contributed by atoms with Crippen molar-refractivity contribution in [1.82, 2.24) is 10.6 Å². The average molecular weight is 282 g/mol. The number of hydrogen-bond acceptors (Lipinski definition) is 2. The van der Waals surface area contributed by atoms with Crippen molar-refractivity contribution in [3.8, 4) is 0 Å². The van der Waals surface area contributed by atoms with Crippen LogP contribution in [0.15, 0.2) is 18.2 Å². The van der Waals surface area contributed by atoms with E-state index in [1.54, 1.807) is 0 Å². The van der Waals surface area contributed by atoms with Crippen LogP contribution in [0.5, 0.6) is 0 Å². The van der Waals surface area contributed by atoms with Crippen LogP contribution in [0, 0.1) is 11.6 Å². The lowest BCUT2D eigenvalue weighted by atomic mass is 9.79. The zero-order valence-corrected chi connectivity index (χ0v) is 12.7. The molecule has 0 bridgehead atoms. The van der Waals surface area contributed by atoms with Gasteiger partial charge in [0.1, 0.15) is 11.6 Å². The molecule has 1 aliphatic heterocycles. The summed E-state index contributed by atoms with van der Waals surface area (Å²) >= 11 is 0. The monoisotopic (exact) mass is 282 g/mol. The van der Waals surface area contributed by atoms with E-state index in [2.05, 4.69) is 38.3 Å². The quantitative estimate of drug-likeness (QED) is 0.888. The summed E-state index contributed by atoms with van der Waals surface area (Å²) in [6.45, 7) is 9.23. The van der Waals surface area contributed by atoms with Gasteiger partial charge in [0.2, 0.25) is 0 Å². The molecule has 2 rings (SSSR count). The summed E-state index contributed by atoms with van der Waals surface area (Å²) in [5.41, 5.74) is 0.774. The molecule has 0 aliphatic carbocycles. The van der Waals surface area contributed by atoms with E-state index in [0.717, 1.165) is 18.9 Å². The third kappa shape index (κ3) is 4.25. The van der Waals surface area contributed by atoms with Crippen LogP contribution in [0.25, 0.3) is 0 Å². The van der Waals surface area contributed by atoms with Crippen LogP contribution < -0.4 is 10.6 Å². The Morgan fingerprint density at radius 2 is 1.55 bits per heavy atom. The number of nitrogens with one attached hydrogen (secondary N) is 2. The van der Waals surface area contributed by atoms with Crippen molar-refractivity contribution in [3.05, 3.63) is 35.4 Å². The van der Waals surface area contributed by atoms with Crippen LogP contribution in [0.2, 0.25) is 0 Å². The van der Waals surface area contributed by atoms with Crippen molar-refractivity contribution < 1.29 is 8.78 Å². The van der Waals surface area contributed by atoms with E-state index in [1.807, 2.05) is 0 Å². The highest BCUT2D eigenvalue weighted by Crippen LogP contribution is 2.28. The predicted molar refractivity (Wildman–Crippen MR) is 77.5 cm³/mol. The lowest BCUT2D eigenvalue weighted by molar-refractivity contribution is 0.145. The number of hydrogen-bond donors (Lipinski definition) is 2. The summed E-state index contributed by atoms with van der Waals surface area (Å²) in [5.74, 6) is -1.04. The van der Waals surface area contributed by atoms with E-state index < -0.39 is 11.6 Å². The Kier molecular flexibility index (Phi) is 4.17. The normalized spacial score (nSPS) is 21.9. The van der Waals surface area contributed by atoms with Crippen molar-refractivity contribution in [1.29, 1.82) is 0 Å². The third-order valence-corrected chi connectivity index (χ3v) is 3.71. The summed E-state index contributed by atoms with van der Waals surface area (Å²) in [7, 11) is 0. The second-order valence-corrected chi connectivity index (χ2v) is 7.16. The second-order valence-electron chi connectivity index (χ2n) is 7.16. The first-order valence-electron chi connectivity index (χ1n) is 7.13. The van der Waals surface area contributed by atoms with Crippen LogP contribution in [0.4, 0.5) is 8.78 Å². The lowest BCUT2D eigenvalue weighted by Crippen LogP contribution is -2.61. The maximum Gasteiger partial charge on any atom is 0.126 e. The summed E-state index contributed by atoms with van der Waals surface area (Å²) in [6, 6.07) is 4.01. The van der Waals surface area contributed by atoms with Crippen molar-refractivity contribution in [2.24, 2.45) is 0 Å². The van der Waals surface area contributed by atoms with Gasteiger partial charge in [-0.25, -0.2) is 8.78 Å². The van der Waals surface area contributed by atoms with Gasteiger partial charge in [-0.1, -0.05) is 0 Å². The van der Waals surface area contributed by atoms with Crippen LogP contribution >= 0.6 is 0 Å². The van der Waals surface area contributed by atoms with E-state index in [0.29, 0.717) is 18.2 Å². The van der Waals surface area contributed by atoms with Crippen LogP contribution in [0.3, 0.4) is 0 Å². The molecule has 0 radical (unpaired) electrons. The van der Waals surface area contributed by atoms with Crippen molar-refractivity contribution in [3.63, 3.8) is 0 Å². The average Bonchev–Trinajstić information content (AvgIpc) is 2.20. The van der Waals surface area contributed by atoms with E-state index in [-0.39, 0.29) is 11.1 Å². The smallest absolute Gasteiger partial charge is 0.126 e. The molecule has 0 spiro atoms. The van der Waals surface area contributed by atoms with Crippen molar-refractivity contribution >= 4 is 0 Å². The first-order chi connectivity index (χ1) is 9.15. The molecule has 0 unspecified atom stereocenters. The molecule has 0 aromatic heterocycles. The highest BCUT2D eigenvalue weighted by molar-refractivity contribution is 5.18. The van der Waals surface area contributed by atoms with Gasteiger partial charge in [0.05, 0.1) is 0 Å². The minimum atomic E-state index is -0.521. The molecule has 1 heterocycles. The summed E-state index contributed by atoms with van der Waals surface area (Å²) < 4.78 is 26.3. The first kappa shape index (κ1) is 15.4. The molecule has 4 heteroatoms. The molecule has 20 heavy (non-hydrogen) atoms. The minimum Gasteiger partial charge on any atom is -0.310 e. The zero-order chi connectivity index (χ0) is 15.0. The van der Waals surface area contributed by atoms with Gasteiger partial charge < -0.3 is 10.6 Å². The number of halogens is 2. The van der Waals surface area contributed by atoms with Crippen LogP contribution in [-0.4, -0.2) is 17.1 Å². The molecule has 0 saturated carbocycles. The van der Waals surface area contributed by atoms with Crippen LogP contribution in [0.1, 0.15) is 46.1 Å². The first-order valence-corrected chi connectivity index (χ1v) is 7.13. The lowest BCUT2D eigenvalue weighted by Gasteiger charge is -2.46. The maximum atomic E-state index is 13.2. The molecule has 2 nitrogen and oxygen atoms in total. The Morgan fingerprint density at radius 1 is 1.05 bits per heavy atom. The third-order valence-electron chi connectivity index (χ3n) is 3.71. The van der Waals surface area contributed by atoms with Crippen molar-refractivity contribution in [2.75, 3.05) is 0 Å². The molecular formula is C16H24F2N2. The van der Waals surface area contributed by atoms with E-state index >= 15 is 0 Å². The number of rotatable bonds is 3.